The first-order valence-corrected chi connectivity index (χ1v) is 10.4. The molecule has 1 aliphatic rings. The number of nitrogens with zero attached hydrogens (tertiary/aromatic N) is 3. The summed E-state index contributed by atoms with van der Waals surface area (Å²) in [5.74, 6) is -0.334. The Morgan fingerprint density at radius 1 is 1.18 bits per heavy atom. The van der Waals surface area contributed by atoms with Gasteiger partial charge in [-0.25, -0.2) is 9.48 Å². The molecule has 178 valence electrons. The summed E-state index contributed by atoms with van der Waals surface area (Å²) in [6, 6.07) is 12.9. The molecule has 1 atom stereocenters. The highest BCUT2D eigenvalue weighted by atomic mass is 19.3. The molecule has 2 N–H and O–H groups in total. The lowest BCUT2D eigenvalue weighted by atomic mass is 10.1. The van der Waals surface area contributed by atoms with Gasteiger partial charge in [0, 0.05) is 12.2 Å². The van der Waals surface area contributed by atoms with Crippen molar-refractivity contribution >= 4 is 17.7 Å². The summed E-state index contributed by atoms with van der Waals surface area (Å²) < 4.78 is 36.2. The highest BCUT2D eigenvalue weighted by molar-refractivity contribution is 6.05. The molecule has 0 saturated carbocycles. The summed E-state index contributed by atoms with van der Waals surface area (Å²) in [7, 11) is 0. The van der Waals surface area contributed by atoms with Crippen LogP contribution in [0.4, 0.5) is 19.3 Å². The van der Waals surface area contributed by atoms with E-state index in [-0.39, 0.29) is 24.3 Å². The first kappa shape index (κ1) is 23.2. The number of morpholine rings is 1. The summed E-state index contributed by atoms with van der Waals surface area (Å²) in [4.78, 5) is 25.3. The molecule has 3 aromatic rings. The molecule has 0 bridgehead atoms. The number of halogens is 2. The minimum atomic E-state index is -2.91. The molecule has 0 radical (unpaired) electrons. The Balaban J connectivity index is 1.42. The van der Waals surface area contributed by atoms with E-state index in [2.05, 4.69) is 15.2 Å². The van der Waals surface area contributed by atoms with Crippen LogP contribution in [0.25, 0.3) is 5.69 Å². The first-order valence-electron chi connectivity index (χ1n) is 10.4. The fraction of sp³-hybridized carbons (Fsp3) is 0.261. The van der Waals surface area contributed by atoms with Gasteiger partial charge in [-0.1, -0.05) is 12.1 Å². The monoisotopic (exact) mass is 472 g/mol. The van der Waals surface area contributed by atoms with Crippen molar-refractivity contribution in [2.45, 2.75) is 19.6 Å². The number of benzene rings is 2. The van der Waals surface area contributed by atoms with Gasteiger partial charge in [-0.05, 0) is 48.9 Å². The average Bonchev–Trinajstić information content (AvgIpc) is 3.21. The summed E-state index contributed by atoms with van der Waals surface area (Å²) in [5, 5.41) is 16.2. The number of ether oxygens (including phenoxy) is 2. The summed E-state index contributed by atoms with van der Waals surface area (Å²) in [6.07, 6.45) is 0.0805. The Morgan fingerprint density at radius 2 is 1.88 bits per heavy atom. The minimum absolute atomic E-state index is 0.0271. The van der Waals surface area contributed by atoms with Crippen LogP contribution in [0.2, 0.25) is 0 Å². The Labute approximate surface area is 193 Å². The lowest BCUT2D eigenvalue weighted by molar-refractivity contribution is -0.0498. The topological polar surface area (TPSA) is 106 Å². The zero-order chi connectivity index (χ0) is 24.2. The Hall–Kier alpha value is -3.99. The number of rotatable bonds is 6. The second-order valence-corrected chi connectivity index (χ2v) is 7.59. The maximum absolute atomic E-state index is 12.8. The lowest BCUT2D eigenvalue weighted by Crippen LogP contribution is -2.41. The van der Waals surface area contributed by atoms with Gasteiger partial charge in [0.1, 0.15) is 11.9 Å². The normalized spacial score (nSPS) is 15.9. The van der Waals surface area contributed by atoms with Crippen molar-refractivity contribution in [3.8, 4) is 11.4 Å². The third-order valence-electron chi connectivity index (χ3n) is 5.44. The first-order chi connectivity index (χ1) is 16.3. The quantitative estimate of drug-likeness (QED) is 0.560. The van der Waals surface area contributed by atoms with E-state index < -0.39 is 12.7 Å². The number of hydrogen-bond acceptors (Lipinski definition) is 5. The number of carbonyl (C=O) groups is 2. The maximum atomic E-state index is 12.8. The summed E-state index contributed by atoms with van der Waals surface area (Å²) in [5.41, 5.74) is 2.88. The summed E-state index contributed by atoms with van der Waals surface area (Å²) >= 11 is 0. The highest BCUT2D eigenvalue weighted by Gasteiger charge is 2.25. The third kappa shape index (κ3) is 5.15. The van der Waals surface area contributed by atoms with E-state index in [0.717, 1.165) is 5.56 Å². The number of anilines is 1. The molecule has 34 heavy (non-hydrogen) atoms. The highest BCUT2D eigenvalue weighted by Crippen LogP contribution is 2.25. The maximum Gasteiger partial charge on any atom is 0.407 e. The van der Waals surface area contributed by atoms with Gasteiger partial charge in [0.05, 0.1) is 36.3 Å². The van der Waals surface area contributed by atoms with Gasteiger partial charge in [0.15, 0.2) is 0 Å². The molecule has 0 aliphatic carbocycles. The van der Waals surface area contributed by atoms with Gasteiger partial charge in [-0.3, -0.25) is 4.79 Å². The van der Waals surface area contributed by atoms with Crippen LogP contribution in [0.1, 0.15) is 27.7 Å². The number of hydrogen-bond donors (Lipinski definition) is 2. The number of carboxylic acid groups (broad SMARTS) is 1. The number of alkyl halides is 2. The van der Waals surface area contributed by atoms with Crippen molar-refractivity contribution in [3.63, 3.8) is 0 Å². The van der Waals surface area contributed by atoms with Crippen LogP contribution in [0, 0.1) is 6.92 Å². The molecule has 1 fully saturated rings. The molecule has 4 rings (SSSR count). The van der Waals surface area contributed by atoms with Gasteiger partial charge >= 0.3 is 12.7 Å². The van der Waals surface area contributed by atoms with Crippen LogP contribution >= 0.6 is 0 Å². The Morgan fingerprint density at radius 3 is 2.53 bits per heavy atom. The predicted octanol–water partition coefficient (Wildman–Crippen LogP) is 4.09. The molecule has 11 heteroatoms. The fourth-order valence-corrected chi connectivity index (χ4v) is 3.67. The van der Waals surface area contributed by atoms with E-state index in [0.29, 0.717) is 35.8 Å². The SMILES string of the molecule is Cc1c(C(=O)Nc2ccc(C3CN(C(=O)O)CCO3)cc2)cnn1-c1ccc(OC(F)F)cc1. The van der Waals surface area contributed by atoms with E-state index in [1.54, 1.807) is 43.3 Å². The van der Waals surface area contributed by atoms with Crippen LogP contribution in [-0.2, 0) is 4.74 Å². The Bertz CT molecular complexity index is 1170. The molecule has 2 heterocycles. The second-order valence-electron chi connectivity index (χ2n) is 7.59. The molecular weight excluding hydrogens is 450 g/mol. The van der Waals surface area contributed by atoms with Crippen molar-refractivity contribution in [1.82, 2.24) is 14.7 Å². The average molecular weight is 472 g/mol. The molecule has 1 aromatic heterocycles. The van der Waals surface area contributed by atoms with E-state index in [1.807, 2.05) is 0 Å². The summed E-state index contributed by atoms with van der Waals surface area (Å²) in [6.45, 7) is -0.282. The van der Waals surface area contributed by atoms with E-state index in [9.17, 15) is 23.5 Å². The third-order valence-corrected chi connectivity index (χ3v) is 5.44. The van der Waals surface area contributed by atoms with Gasteiger partial charge in [0.2, 0.25) is 0 Å². The number of aromatic nitrogens is 2. The van der Waals surface area contributed by atoms with Crippen LogP contribution in [0.3, 0.4) is 0 Å². The lowest BCUT2D eigenvalue weighted by Gasteiger charge is -2.31. The van der Waals surface area contributed by atoms with Crippen LogP contribution in [-0.4, -0.2) is 58.1 Å². The van der Waals surface area contributed by atoms with Crippen LogP contribution < -0.4 is 10.1 Å². The fourth-order valence-electron chi connectivity index (χ4n) is 3.67. The molecule has 1 unspecified atom stereocenters. The zero-order valence-corrected chi connectivity index (χ0v) is 18.1. The van der Waals surface area contributed by atoms with Crippen molar-refractivity contribution < 1.29 is 33.0 Å². The molecule has 9 nitrogen and oxygen atoms in total. The standard InChI is InChI=1S/C23H22F2N4O5/c1-14-19(12-26-29(14)17-6-8-18(9-7-17)34-22(24)25)21(30)27-16-4-2-15(3-5-16)20-13-28(23(31)32)10-11-33-20/h2-9,12,20,22H,10-11,13H2,1H3,(H,27,30)(H,31,32). The number of amides is 2. The molecule has 0 spiro atoms. The number of carbonyl (C=O) groups excluding carboxylic acids is 1. The second kappa shape index (κ2) is 9.87. The van der Waals surface area contributed by atoms with E-state index in [1.165, 1.54) is 27.9 Å². The van der Waals surface area contributed by atoms with Crippen molar-refractivity contribution in [1.29, 1.82) is 0 Å². The largest absolute Gasteiger partial charge is 0.465 e. The van der Waals surface area contributed by atoms with Gasteiger partial charge in [0.25, 0.3) is 5.91 Å². The van der Waals surface area contributed by atoms with Gasteiger partial charge < -0.3 is 24.8 Å². The predicted molar refractivity (Wildman–Crippen MR) is 118 cm³/mol. The molecule has 2 amide bonds. The Kier molecular flexibility index (Phi) is 6.73. The van der Waals surface area contributed by atoms with Gasteiger partial charge in [-0.15, -0.1) is 0 Å². The van der Waals surface area contributed by atoms with Crippen LogP contribution in [0.15, 0.2) is 54.7 Å². The molecule has 2 aromatic carbocycles. The zero-order valence-electron chi connectivity index (χ0n) is 18.1. The molecule has 1 saturated heterocycles. The number of nitrogens with one attached hydrogen (secondary N) is 1. The van der Waals surface area contributed by atoms with Crippen molar-refractivity contribution in [3.05, 3.63) is 71.5 Å². The van der Waals surface area contributed by atoms with Gasteiger partial charge in [-0.2, -0.15) is 13.9 Å². The van der Waals surface area contributed by atoms with Crippen molar-refractivity contribution in [2.75, 3.05) is 25.0 Å². The smallest absolute Gasteiger partial charge is 0.407 e. The molecular formula is C23H22F2N4O5. The minimum Gasteiger partial charge on any atom is -0.465 e. The van der Waals surface area contributed by atoms with E-state index >= 15 is 0 Å². The van der Waals surface area contributed by atoms with Crippen LogP contribution in [0.5, 0.6) is 5.75 Å². The molecule has 1 aliphatic heterocycles. The van der Waals surface area contributed by atoms with Crippen molar-refractivity contribution in [2.24, 2.45) is 0 Å². The van der Waals surface area contributed by atoms with E-state index in [4.69, 9.17) is 4.74 Å².